The molecule has 0 amide bonds. The molecular formula is C50H30O2. The Kier molecular flexibility index (Phi) is 3.88. The Balaban J connectivity index is 1.35. The Morgan fingerprint density at radius 3 is 1.69 bits per heavy atom. The van der Waals surface area contributed by atoms with Gasteiger partial charge < -0.3 is 8.83 Å². The average Bonchev–Trinajstić information content (AvgIpc) is 3.92. The zero-order valence-corrected chi connectivity index (χ0v) is 27.0. The molecule has 11 aromatic rings. The van der Waals surface area contributed by atoms with Gasteiger partial charge in [-0.3, -0.25) is 0 Å². The average molecular weight is 678 g/mol. The van der Waals surface area contributed by atoms with Crippen molar-refractivity contribution < 1.29 is 29.4 Å². The molecule has 9 aromatic carbocycles. The van der Waals surface area contributed by atoms with Crippen molar-refractivity contribution in [2.75, 3.05) is 0 Å². The lowest BCUT2D eigenvalue weighted by Gasteiger charge is -2.18. The van der Waals surface area contributed by atoms with E-state index in [1.165, 1.54) is 0 Å². The van der Waals surface area contributed by atoms with Crippen molar-refractivity contribution in [2.24, 2.45) is 0 Å². The van der Waals surface area contributed by atoms with Gasteiger partial charge in [0.05, 0.1) is 25.9 Å². The second-order valence-electron chi connectivity index (χ2n) is 12.4. The standard InChI is InChI=1S/C50H30O2/c1-3-15-32(16-4-1)46-41-27-29-44-48(50(41)52-49(46)33-17-5-2-6-18-33)42-30-34(26-28-43(42)51-44)45-37-21-9-11-23-39(37)47(40-24-12-10-22-38(40)45)36-25-13-19-31-14-7-8-20-35(31)36/h1-30H/i7D,8D,9D,10D,11D,12D,13D,14D,19D,20D,21D,22D,23D,24D,25D. The van der Waals surface area contributed by atoms with Crippen LogP contribution in [0.1, 0.15) is 20.6 Å². The second kappa shape index (κ2) is 11.3. The third-order valence-corrected chi connectivity index (χ3v) is 9.61. The van der Waals surface area contributed by atoms with Gasteiger partial charge in [0.15, 0.2) is 0 Å². The molecule has 0 saturated heterocycles. The maximum Gasteiger partial charge on any atom is 0.147 e. The molecule has 0 aliphatic carbocycles. The molecule has 0 spiro atoms. The summed E-state index contributed by atoms with van der Waals surface area (Å²) in [6.07, 6.45) is 0. The van der Waals surface area contributed by atoms with Gasteiger partial charge in [-0.25, -0.2) is 0 Å². The van der Waals surface area contributed by atoms with E-state index in [2.05, 4.69) is 0 Å². The Labute approximate surface area is 320 Å². The Hall–Kier alpha value is -6.90. The normalized spacial score (nSPS) is 15.9. The van der Waals surface area contributed by atoms with Crippen LogP contribution in [-0.2, 0) is 0 Å². The van der Waals surface area contributed by atoms with Gasteiger partial charge in [-0.1, -0.05) is 157 Å². The van der Waals surface area contributed by atoms with Gasteiger partial charge in [0, 0.05) is 21.9 Å². The first kappa shape index (κ1) is 17.8. The summed E-state index contributed by atoms with van der Waals surface area (Å²) in [5.74, 6) is 0.611. The number of hydrogen-bond acceptors (Lipinski definition) is 2. The lowest BCUT2D eigenvalue weighted by molar-refractivity contribution is 0.634. The van der Waals surface area contributed by atoms with Crippen molar-refractivity contribution in [3.63, 3.8) is 0 Å². The fourth-order valence-electron chi connectivity index (χ4n) is 7.42. The van der Waals surface area contributed by atoms with E-state index in [9.17, 15) is 6.85 Å². The second-order valence-corrected chi connectivity index (χ2v) is 12.4. The fourth-order valence-corrected chi connectivity index (χ4v) is 7.42. The molecule has 52 heavy (non-hydrogen) atoms. The van der Waals surface area contributed by atoms with Gasteiger partial charge in [0.1, 0.15) is 22.5 Å². The van der Waals surface area contributed by atoms with E-state index in [1.807, 2.05) is 72.8 Å². The van der Waals surface area contributed by atoms with E-state index >= 15 is 0 Å². The van der Waals surface area contributed by atoms with Crippen LogP contribution in [0.15, 0.2) is 190 Å². The Morgan fingerprint density at radius 2 is 0.981 bits per heavy atom. The van der Waals surface area contributed by atoms with Crippen molar-refractivity contribution in [1.29, 1.82) is 0 Å². The van der Waals surface area contributed by atoms with Crippen LogP contribution in [0.5, 0.6) is 0 Å². The summed E-state index contributed by atoms with van der Waals surface area (Å²) >= 11 is 0. The van der Waals surface area contributed by atoms with Crippen molar-refractivity contribution in [2.45, 2.75) is 0 Å². The van der Waals surface area contributed by atoms with Crippen LogP contribution in [-0.4, -0.2) is 0 Å². The molecule has 242 valence electrons. The van der Waals surface area contributed by atoms with Gasteiger partial charge in [0.25, 0.3) is 0 Å². The predicted molar refractivity (Wildman–Crippen MR) is 218 cm³/mol. The zero-order chi connectivity index (χ0) is 47.2. The molecule has 0 bridgehead atoms. The molecule has 0 unspecified atom stereocenters. The number of fused-ring (bicyclic) bond motifs is 8. The molecule has 2 aromatic heterocycles. The van der Waals surface area contributed by atoms with Crippen LogP contribution in [0.2, 0.25) is 0 Å². The highest BCUT2D eigenvalue weighted by molar-refractivity contribution is 6.25. The van der Waals surface area contributed by atoms with Crippen LogP contribution >= 0.6 is 0 Å². The molecule has 0 aliphatic rings. The lowest BCUT2D eigenvalue weighted by Crippen LogP contribution is -1.91. The fraction of sp³-hybridized carbons (Fsp3) is 0. The first-order valence-corrected chi connectivity index (χ1v) is 16.5. The molecule has 0 atom stereocenters. The minimum Gasteiger partial charge on any atom is -0.456 e. The largest absolute Gasteiger partial charge is 0.456 e. The molecule has 0 N–H and O–H groups in total. The predicted octanol–water partition coefficient (Wildman–Crippen LogP) is 14.5. The third kappa shape index (κ3) is 4.25. The summed E-state index contributed by atoms with van der Waals surface area (Å²) in [5, 5.41) is -0.112. The first-order chi connectivity index (χ1) is 32.0. The van der Waals surface area contributed by atoms with Crippen molar-refractivity contribution in [3.8, 4) is 44.7 Å². The molecular weight excluding hydrogens is 633 g/mol. The van der Waals surface area contributed by atoms with Crippen LogP contribution in [0, 0.1) is 0 Å². The van der Waals surface area contributed by atoms with Gasteiger partial charge in [-0.2, -0.15) is 0 Å². The third-order valence-electron chi connectivity index (χ3n) is 9.61. The van der Waals surface area contributed by atoms with Crippen molar-refractivity contribution >= 4 is 65.2 Å². The quantitative estimate of drug-likeness (QED) is 0.173. The van der Waals surface area contributed by atoms with Crippen molar-refractivity contribution in [3.05, 3.63) is 182 Å². The maximum atomic E-state index is 9.51. The molecule has 2 heterocycles. The SMILES string of the molecule is [2H]c1c([2H])c([2H])c2c(-c3c4c([2H])c([2H])c([2H])c([2H])c4c(-c4ccc5oc6ccc7c(-c8ccccc8)c(-c8ccccc8)oc7c6c5c4)c4c([2H])c([2H])c([2H])c([2H])c34)c([2H])c([2H])c([2H])c2c1[2H]. The van der Waals surface area contributed by atoms with Crippen LogP contribution < -0.4 is 0 Å². The number of rotatable bonds is 4. The highest BCUT2D eigenvalue weighted by atomic mass is 16.3. The summed E-state index contributed by atoms with van der Waals surface area (Å²) in [6, 6.07) is 17.7. The number of hydrogen-bond donors (Lipinski definition) is 0. The van der Waals surface area contributed by atoms with Gasteiger partial charge in [-0.05, 0) is 84.4 Å². The summed E-state index contributed by atoms with van der Waals surface area (Å²) in [6.45, 7) is 0. The van der Waals surface area contributed by atoms with E-state index in [0.29, 0.717) is 33.3 Å². The summed E-state index contributed by atoms with van der Waals surface area (Å²) in [4.78, 5) is 0. The molecule has 11 rings (SSSR count). The summed E-state index contributed by atoms with van der Waals surface area (Å²) in [7, 11) is 0. The Bertz CT molecular complexity index is 3940. The molecule has 0 saturated carbocycles. The smallest absolute Gasteiger partial charge is 0.147 e. The van der Waals surface area contributed by atoms with E-state index in [1.54, 1.807) is 18.2 Å². The van der Waals surface area contributed by atoms with Gasteiger partial charge in [-0.15, -0.1) is 0 Å². The van der Waals surface area contributed by atoms with E-state index in [4.69, 9.17) is 22.5 Å². The van der Waals surface area contributed by atoms with E-state index in [0.717, 1.165) is 22.1 Å². The monoisotopic (exact) mass is 677 g/mol. The number of furan rings is 2. The lowest BCUT2D eigenvalue weighted by atomic mass is 9.84. The van der Waals surface area contributed by atoms with Crippen LogP contribution in [0.3, 0.4) is 0 Å². The molecule has 0 aliphatic heterocycles. The van der Waals surface area contributed by atoms with Gasteiger partial charge >= 0.3 is 0 Å². The van der Waals surface area contributed by atoms with Crippen LogP contribution in [0.25, 0.3) is 110 Å². The minimum absolute atomic E-state index is 0.0217. The first-order valence-electron chi connectivity index (χ1n) is 24.0. The Morgan fingerprint density at radius 1 is 0.385 bits per heavy atom. The molecule has 0 radical (unpaired) electrons. The molecule has 2 nitrogen and oxygen atoms in total. The highest BCUT2D eigenvalue weighted by Crippen LogP contribution is 2.48. The van der Waals surface area contributed by atoms with E-state index < -0.39 is 107 Å². The topological polar surface area (TPSA) is 26.3 Å². The maximum absolute atomic E-state index is 9.51. The highest BCUT2D eigenvalue weighted by Gasteiger charge is 2.23. The summed E-state index contributed by atoms with van der Waals surface area (Å²) < 4.78 is 149. The number of benzene rings is 9. The summed E-state index contributed by atoms with van der Waals surface area (Å²) in [5.41, 5.74) is 3.33. The van der Waals surface area contributed by atoms with Crippen molar-refractivity contribution in [1.82, 2.24) is 0 Å². The minimum atomic E-state index is -0.771. The molecule has 0 fully saturated rings. The van der Waals surface area contributed by atoms with Crippen LogP contribution in [0.4, 0.5) is 0 Å². The van der Waals surface area contributed by atoms with E-state index in [-0.39, 0.29) is 38.2 Å². The van der Waals surface area contributed by atoms with Gasteiger partial charge in [0.2, 0.25) is 0 Å². The zero-order valence-electron chi connectivity index (χ0n) is 42.0. The molecule has 2 heteroatoms.